The molecule has 0 spiro atoms. The molecule has 88 valence electrons. The summed E-state index contributed by atoms with van der Waals surface area (Å²) in [6.07, 6.45) is 1.32. The number of nitro benzene ring substituents is 1. The number of benzene rings is 1. The van der Waals surface area contributed by atoms with Gasteiger partial charge in [0, 0.05) is 6.07 Å². The molecule has 0 saturated heterocycles. The Kier molecular flexibility index (Phi) is 2.92. The molecule has 2 aromatic rings. The highest BCUT2D eigenvalue weighted by Gasteiger charge is 2.21. The number of nitrogens with zero attached hydrogens (tertiary/aromatic N) is 3. The summed E-state index contributed by atoms with van der Waals surface area (Å²) in [6, 6.07) is 2.80. The number of rotatable bonds is 3. The van der Waals surface area contributed by atoms with Gasteiger partial charge in [-0.3, -0.25) is 15.2 Å². The Morgan fingerprint density at radius 1 is 1.53 bits per heavy atom. The average molecular weight is 255 g/mol. The van der Waals surface area contributed by atoms with Crippen molar-refractivity contribution < 1.29 is 9.66 Å². The molecule has 8 heteroatoms. The zero-order valence-corrected chi connectivity index (χ0v) is 9.43. The number of aromatic amines is 1. The second-order valence-electron chi connectivity index (χ2n) is 3.07. The fourth-order valence-electron chi connectivity index (χ4n) is 1.41. The first kappa shape index (κ1) is 11.3. The van der Waals surface area contributed by atoms with Gasteiger partial charge in [-0.05, 0) is 6.07 Å². The first-order valence-corrected chi connectivity index (χ1v) is 4.89. The minimum atomic E-state index is -0.574. The average Bonchev–Trinajstić information content (AvgIpc) is 2.81. The van der Waals surface area contributed by atoms with Crippen LogP contribution in [-0.2, 0) is 0 Å². The fraction of sp³-hybridized carbons (Fsp3) is 0.111. The maximum atomic E-state index is 10.7. The highest BCUT2D eigenvalue weighted by Crippen LogP contribution is 2.40. The van der Waals surface area contributed by atoms with Crippen LogP contribution in [0.2, 0.25) is 5.02 Å². The summed E-state index contributed by atoms with van der Waals surface area (Å²) in [5.41, 5.74) is 0.299. The van der Waals surface area contributed by atoms with Crippen molar-refractivity contribution in [3.05, 3.63) is 33.6 Å². The number of halogens is 1. The normalized spacial score (nSPS) is 10.2. The molecule has 0 bridgehead atoms. The predicted octanol–water partition coefficient (Wildman–Crippen LogP) is 2.04. The molecule has 1 heterocycles. The topological polar surface area (TPSA) is 93.9 Å². The summed E-state index contributed by atoms with van der Waals surface area (Å²) >= 11 is 5.90. The zero-order valence-electron chi connectivity index (χ0n) is 8.68. The third kappa shape index (κ3) is 1.92. The molecule has 7 nitrogen and oxygen atoms in total. The van der Waals surface area contributed by atoms with E-state index in [1.54, 1.807) is 0 Å². The van der Waals surface area contributed by atoms with E-state index in [0.29, 0.717) is 11.4 Å². The molecular weight excluding hydrogens is 248 g/mol. The molecule has 0 amide bonds. The Balaban J connectivity index is 2.63. The van der Waals surface area contributed by atoms with Crippen LogP contribution in [-0.4, -0.2) is 27.2 Å². The summed E-state index contributed by atoms with van der Waals surface area (Å²) in [7, 11) is 1.38. The van der Waals surface area contributed by atoms with Crippen molar-refractivity contribution in [3.63, 3.8) is 0 Å². The molecule has 0 aliphatic heterocycles. The van der Waals surface area contributed by atoms with E-state index >= 15 is 0 Å². The van der Waals surface area contributed by atoms with E-state index in [2.05, 4.69) is 15.2 Å². The van der Waals surface area contributed by atoms with Crippen molar-refractivity contribution in [2.75, 3.05) is 7.11 Å². The van der Waals surface area contributed by atoms with Gasteiger partial charge >= 0.3 is 0 Å². The Morgan fingerprint density at radius 2 is 2.29 bits per heavy atom. The Bertz CT molecular complexity index is 556. The second kappa shape index (κ2) is 4.38. The predicted molar refractivity (Wildman–Crippen MR) is 60.0 cm³/mol. The van der Waals surface area contributed by atoms with Crippen molar-refractivity contribution in [2.45, 2.75) is 0 Å². The van der Waals surface area contributed by atoms with Gasteiger partial charge in [-0.1, -0.05) is 11.6 Å². The molecule has 17 heavy (non-hydrogen) atoms. The van der Waals surface area contributed by atoms with Crippen molar-refractivity contribution in [1.82, 2.24) is 15.2 Å². The fourth-order valence-corrected chi connectivity index (χ4v) is 1.72. The highest BCUT2D eigenvalue weighted by atomic mass is 35.5. The van der Waals surface area contributed by atoms with Gasteiger partial charge in [-0.25, -0.2) is 4.98 Å². The van der Waals surface area contributed by atoms with Crippen LogP contribution in [0.4, 0.5) is 5.69 Å². The van der Waals surface area contributed by atoms with Crippen molar-refractivity contribution in [2.24, 2.45) is 0 Å². The summed E-state index contributed by atoms with van der Waals surface area (Å²) < 4.78 is 5.07. The maximum Gasteiger partial charge on any atom is 0.291 e. The standard InChI is InChI=1S/C9H7ClN4O3/c1-17-8-5(9-11-4-12-13-9)2-3-6(7(8)10)14(15)16/h2-4H,1H3,(H,11,12,13). The summed E-state index contributed by atoms with van der Waals surface area (Å²) in [4.78, 5) is 14.1. The van der Waals surface area contributed by atoms with Gasteiger partial charge < -0.3 is 4.74 Å². The SMILES string of the molecule is COc1c(-c2ncn[nH]2)ccc([N+](=O)[O-])c1Cl. The monoisotopic (exact) mass is 254 g/mol. The van der Waals surface area contributed by atoms with Gasteiger partial charge in [0.1, 0.15) is 6.33 Å². The zero-order chi connectivity index (χ0) is 12.4. The Labute approximate surface area is 101 Å². The van der Waals surface area contributed by atoms with Crippen LogP contribution in [0, 0.1) is 10.1 Å². The van der Waals surface area contributed by atoms with Gasteiger partial charge in [0.2, 0.25) is 0 Å². The number of nitrogens with one attached hydrogen (secondary N) is 1. The van der Waals surface area contributed by atoms with Crippen molar-refractivity contribution >= 4 is 17.3 Å². The number of nitro groups is 1. The second-order valence-corrected chi connectivity index (χ2v) is 3.45. The van der Waals surface area contributed by atoms with E-state index in [0.717, 1.165) is 0 Å². The van der Waals surface area contributed by atoms with Gasteiger partial charge in [0.15, 0.2) is 16.6 Å². The quantitative estimate of drug-likeness (QED) is 0.668. The van der Waals surface area contributed by atoms with E-state index in [4.69, 9.17) is 16.3 Å². The lowest BCUT2D eigenvalue weighted by Gasteiger charge is -2.07. The first-order chi connectivity index (χ1) is 8.15. The minimum absolute atomic E-state index is 0.0635. The summed E-state index contributed by atoms with van der Waals surface area (Å²) in [5, 5.41) is 17.0. The van der Waals surface area contributed by atoms with Gasteiger partial charge in [0.05, 0.1) is 17.6 Å². The van der Waals surface area contributed by atoms with Crippen LogP contribution in [0.3, 0.4) is 0 Å². The van der Waals surface area contributed by atoms with Crippen molar-refractivity contribution in [3.8, 4) is 17.1 Å². The third-order valence-electron chi connectivity index (χ3n) is 2.15. The molecule has 2 rings (SSSR count). The number of methoxy groups -OCH3 is 1. The number of H-pyrrole nitrogens is 1. The number of ether oxygens (including phenoxy) is 1. The Hall–Kier alpha value is -2.15. The molecular formula is C9H7ClN4O3. The van der Waals surface area contributed by atoms with Gasteiger partial charge in [0.25, 0.3) is 5.69 Å². The molecule has 1 aromatic carbocycles. The van der Waals surface area contributed by atoms with E-state index in [1.807, 2.05) is 0 Å². The molecule has 1 N–H and O–H groups in total. The van der Waals surface area contributed by atoms with E-state index in [1.165, 1.54) is 25.6 Å². The summed E-state index contributed by atoms with van der Waals surface area (Å²) in [6.45, 7) is 0. The molecule has 0 atom stereocenters. The first-order valence-electron chi connectivity index (χ1n) is 4.51. The third-order valence-corrected chi connectivity index (χ3v) is 2.51. The molecule has 0 saturated carbocycles. The summed E-state index contributed by atoms with van der Waals surface area (Å²) in [5.74, 6) is 0.622. The lowest BCUT2D eigenvalue weighted by atomic mass is 10.1. The van der Waals surface area contributed by atoms with Crippen LogP contribution in [0.5, 0.6) is 5.75 Å². The molecule has 0 radical (unpaired) electrons. The van der Waals surface area contributed by atoms with Crippen LogP contribution in [0.25, 0.3) is 11.4 Å². The highest BCUT2D eigenvalue weighted by molar-refractivity contribution is 6.34. The largest absolute Gasteiger partial charge is 0.494 e. The molecule has 0 fully saturated rings. The smallest absolute Gasteiger partial charge is 0.291 e. The van der Waals surface area contributed by atoms with Crippen molar-refractivity contribution in [1.29, 1.82) is 0 Å². The van der Waals surface area contributed by atoms with Gasteiger partial charge in [-0.2, -0.15) is 5.10 Å². The molecule has 0 unspecified atom stereocenters. The van der Waals surface area contributed by atoms with Gasteiger partial charge in [-0.15, -0.1) is 0 Å². The number of aromatic nitrogens is 3. The lowest BCUT2D eigenvalue weighted by Crippen LogP contribution is -1.95. The number of hydrogen-bond acceptors (Lipinski definition) is 5. The van der Waals surface area contributed by atoms with E-state index < -0.39 is 4.92 Å². The lowest BCUT2D eigenvalue weighted by molar-refractivity contribution is -0.384. The van der Waals surface area contributed by atoms with E-state index in [9.17, 15) is 10.1 Å². The van der Waals surface area contributed by atoms with Crippen LogP contribution in [0.1, 0.15) is 0 Å². The Morgan fingerprint density at radius 3 is 2.82 bits per heavy atom. The molecule has 0 aliphatic carbocycles. The number of hydrogen-bond donors (Lipinski definition) is 1. The molecule has 0 aliphatic rings. The van der Waals surface area contributed by atoms with Crippen LogP contribution < -0.4 is 4.74 Å². The van der Waals surface area contributed by atoms with E-state index in [-0.39, 0.29) is 16.5 Å². The maximum absolute atomic E-state index is 10.7. The van der Waals surface area contributed by atoms with Crippen LogP contribution >= 0.6 is 11.6 Å². The minimum Gasteiger partial charge on any atom is -0.494 e. The van der Waals surface area contributed by atoms with Crippen LogP contribution in [0.15, 0.2) is 18.5 Å². The molecule has 1 aromatic heterocycles.